The van der Waals surface area contributed by atoms with E-state index in [1.54, 1.807) is 6.07 Å². The van der Waals surface area contributed by atoms with Crippen LogP contribution in [0.2, 0.25) is 0 Å². The fourth-order valence-corrected chi connectivity index (χ4v) is 1.24. The Balaban J connectivity index is 2.87. The topological polar surface area (TPSA) is 73.1 Å². The van der Waals surface area contributed by atoms with Crippen molar-refractivity contribution in [2.75, 3.05) is 12.0 Å². The zero-order chi connectivity index (χ0) is 13.8. The van der Waals surface area contributed by atoms with Crippen LogP contribution >= 0.6 is 0 Å². The summed E-state index contributed by atoms with van der Waals surface area (Å²) < 4.78 is 5.59. The Morgan fingerprint density at radius 2 is 2.11 bits per heavy atom. The molecule has 0 amide bonds. The number of nitrogen functional groups attached to an aromatic ring is 1. The molecule has 0 aliphatic heterocycles. The summed E-state index contributed by atoms with van der Waals surface area (Å²) in [5.41, 5.74) is 3.46. The van der Waals surface area contributed by atoms with Crippen molar-refractivity contribution in [1.82, 2.24) is 9.97 Å². The minimum atomic E-state index is -0.153. The number of hydrazine groups is 1. The number of aromatic nitrogens is 2. The second-order valence-electron chi connectivity index (χ2n) is 5.36. The van der Waals surface area contributed by atoms with Crippen molar-refractivity contribution >= 4 is 5.82 Å². The smallest absolute Gasteiger partial charge is 0.218 e. The number of nitrogens with zero attached hydrogens (tertiary/aromatic N) is 2. The van der Waals surface area contributed by atoms with E-state index in [1.165, 1.54) is 0 Å². The maximum Gasteiger partial charge on any atom is 0.218 e. The number of hydrogen-bond donors (Lipinski definition) is 2. The zero-order valence-electron chi connectivity index (χ0n) is 11.6. The van der Waals surface area contributed by atoms with E-state index in [2.05, 4.69) is 22.0 Å². The van der Waals surface area contributed by atoms with Crippen LogP contribution in [0.25, 0.3) is 0 Å². The summed E-state index contributed by atoms with van der Waals surface area (Å²) in [6, 6.07) is 1.69. The molecule has 0 saturated heterocycles. The van der Waals surface area contributed by atoms with Gasteiger partial charge in [-0.3, -0.25) is 0 Å². The van der Waals surface area contributed by atoms with Gasteiger partial charge in [0.1, 0.15) is 11.6 Å². The second-order valence-corrected chi connectivity index (χ2v) is 5.36. The molecule has 0 fully saturated rings. The number of ether oxygens (including phenoxy) is 1. The van der Waals surface area contributed by atoms with Gasteiger partial charge in [-0.1, -0.05) is 26.3 Å². The molecule has 0 aromatic carbocycles. The van der Waals surface area contributed by atoms with Crippen molar-refractivity contribution < 1.29 is 4.74 Å². The Kier molecular flexibility index (Phi) is 4.67. The third kappa shape index (κ3) is 4.33. The minimum Gasteiger partial charge on any atom is -0.477 e. The van der Waals surface area contributed by atoms with Gasteiger partial charge in [-0.25, -0.2) is 10.8 Å². The Labute approximate surface area is 108 Å². The SMILES string of the molecule is C=C(C)CCOc1cc(NN)nc(C(C)(C)C)n1. The molecule has 5 nitrogen and oxygen atoms in total. The number of nitrogens with two attached hydrogens (primary N) is 1. The molecule has 18 heavy (non-hydrogen) atoms. The van der Waals surface area contributed by atoms with E-state index < -0.39 is 0 Å². The molecular weight excluding hydrogens is 228 g/mol. The van der Waals surface area contributed by atoms with Gasteiger partial charge in [-0.15, -0.1) is 6.58 Å². The van der Waals surface area contributed by atoms with E-state index in [0.29, 0.717) is 24.1 Å². The summed E-state index contributed by atoms with van der Waals surface area (Å²) in [6.07, 6.45) is 0.806. The summed E-state index contributed by atoms with van der Waals surface area (Å²) in [5.74, 6) is 7.18. The van der Waals surface area contributed by atoms with Gasteiger partial charge in [-0.05, 0) is 6.92 Å². The highest BCUT2D eigenvalue weighted by Crippen LogP contribution is 2.23. The summed E-state index contributed by atoms with van der Waals surface area (Å²) in [7, 11) is 0. The molecule has 5 heteroatoms. The third-order valence-electron chi connectivity index (χ3n) is 2.30. The predicted octanol–water partition coefficient (Wildman–Crippen LogP) is 2.40. The molecule has 0 aliphatic carbocycles. The van der Waals surface area contributed by atoms with Crippen LogP contribution in [0, 0.1) is 0 Å². The second kappa shape index (κ2) is 5.82. The summed E-state index contributed by atoms with van der Waals surface area (Å²) in [6.45, 7) is 12.5. The molecule has 0 saturated carbocycles. The monoisotopic (exact) mass is 250 g/mol. The lowest BCUT2D eigenvalue weighted by Gasteiger charge is -2.18. The average molecular weight is 250 g/mol. The molecule has 0 atom stereocenters. The number of rotatable bonds is 5. The van der Waals surface area contributed by atoms with Gasteiger partial charge >= 0.3 is 0 Å². The molecule has 0 unspecified atom stereocenters. The quantitative estimate of drug-likeness (QED) is 0.477. The Morgan fingerprint density at radius 3 is 2.61 bits per heavy atom. The van der Waals surface area contributed by atoms with Gasteiger partial charge in [0, 0.05) is 17.9 Å². The van der Waals surface area contributed by atoms with Crippen LogP contribution in [-0.2, 0) is 5.41 Å². The zero-order valence-corrected chi connectivity index (χ0v) is 11.6. The largest absolute Gasteiger partial charge is 0.477 e. The van der Waals surface area contributed by atoms with E-state index in [9.17, 15) is 0 Å². The number of anilines is 1. The predicted molar refractivity (Wildman–Crippen MR) is 73.5 cm³/mol. The van der Waals surface area contributed by atoms with Crippen LogP contribution in [-0.4, -0.2) is 16.6 Å². The lowest BCUT2D eigenvalue weighted by molar-refractivity contribution is 0.305. The molecule has 0 radical (unpaired) electrons. The molecule has 100 valence electrons. The average Bonchev–Trinajstić information content (AvgIpc) is 2.27. The molecule has 1 aromatic heterocycles. The van der Waals surface area contributed by atoms with E-state index in [0.717, 1.165) is 12.0 Å². The molecular formula is C13H22N4O. The molecule has 0 aliphatic rings. The van der Waals surface area contributed by atoms with Gasteiger partial charge in [0.25, 0.3) is 0 Å². The molecule has 1 heterocycles. The highest BCUT2D eigenvalue weighted by molar-refractivity contribution is 5.37. The van der Waals surface area contributed by atoms with E-state index >= 15 is 0 Å². The van der Waals surface area contributed by atoms with Crippen LogP contribution in [0.1, 0.15) is 39.9 Å². The molecule has 1 aromatic rings. The van der Waals surface area contributed by atoms with Gasteiger partial charge in [0.05, 0.1) is 6.61 Å². The maximum absolute atomic E-state index is 5.59. The Bertz CT molecular complexity index is 423. The first-order valence-corrected chi connectivity index (χ1v) is 5.96. The standard InChI is InChI=1S/C13H22N4O/c1-9(2)6-7-18-11-8-10(17-14)15-12(16-11)13(3,4)5/h8H,1,6-7,14H2,2-5H3,(H,15,16,17). The van der Waals surface area contributed by atoms with Crippen molar-refractivity contribution in [2.45, 2.75) is 39.5 Å². The normalized spacial score (nSPS) is 11.2. The number of hydrogen-bond acceptors (Lipinski definition) is 5. The van der Waals surface area contributed by atoms with Gasteiger partial charge in [0.2, 0.25) is 5.88 Å². The van der Waals surface area contributed by atoms with Crippen molar-refractivity contribution in [1.29, 1.82) is 0 Å². The molecule has 0 bridgehead atoms. The Morgan fingerprint density at radius 1 is 1.44 bits per heavy atom. The van der Waals surface area contributed by atoms with E-state index in [-0.39, 0.29) is 5.41 Å². The Hall–Kier alpha value is -1.62. The van der Waals surface area contributed by atoms with Crippen molar-refractivity contribution in [2.24, 2.45) is 5.84 Å². The van der Waals surface area contributed by atoms with Crippen molar-refractivity contribution in [3.63, 3.8) is 0 Å². The van der Waals surface area contributed by atoms with Crippen LogP contribution in [0.15, 0.2) is 18.2 Å². The first kappa shape index (κ1) is 14.4. The van der Waals surface area contributed by atoms with E-state index in [1.807, 2.05) is 27.7 Å². The molecule has 0 spiro atoms. The molecule has 1 rings (SSSR count). The van der Waals surface area contributed by atoms with Crippen molar-refractivity contribution in [3.05, 3.63) is 24.0 Å². The van der Waals surface area contributed by atoms with Gasteiger partial charge in [-0.2, -0.15) is 4.98 Å². The van der Waals surface area contributed by atoms with Crippen LogP contribution in [0.4, 0.5) is 5.82 Å². The van der Waals surface area contributed by atoms with Gasteiger partial charge in [0.15, 0.2) is 0 Å². The summed E-state index contributed by atoms with van der Waals surface area (Å²) >= 11 is 0. The fourth-order valence-electron chi connectivity index (χ4n) is 1.24. The minimum absolute atomic E-state index is 0.153. The summed E-state index contributed by atoms with van der Waals surface area (Å²) in [4.78, 5) is 8.71. The van der Waals surface area contributed by atoms with Crippen LogP contribution < -0.4 is 16.0 Å². The fraction of sp³-hybridized carbons (Fsp3) is 0.538. The highest BCUT2D eigenvalue weighted by Gasteiger charge is 2.19. The first-order valence-electron chi connectivity index (χ1n) is 5.96. The first-order chi connectivity index (χ1) is 8.32. The van der Waals surface area contributed by atoms with Crippen LogP contribution in [0.3, 0.4) is 0 Å². The van der Waals surface area contributed by atoms with Crippen molar-refractivity contribution in [3.8, 4) is 5.88 Å². The van der Waals surface area contributed by atoms with Gasteiger partial charge < -0.3 is 10.2 Å². The lowest BCUT2D eigenvalue weighted by Crippen LogP contribution is -2.19. The van der Waals surface area contributed by atoms with Crippen LogP contribution in [0.5, 0.6) is 5.88 Å². The summed E-state index contributed by atoms with van der Waals surface area (Å²) in [5, 5.41) is 0. The maximum atomic E-state index is 5.59. The number of nitrogens with one attached hydrogen (secondary N) is 1. The molecule has 3 N–H and O–H groups in total. The van der Waals surface area contributed by atoms with E-state index in [4.69, 9.17) is 10.6 Å². The third-order valence-corrected chi connectivity index (χ3v) is 2.30. The lowest BCUT2D eigenvalue weighted by atomic mass is 9.96. The highest BCUT2D eigenvalue weighted by atomic mass is 16.5.